The lowest BCUT2D eigenvalue weighted by molar-refractivity contribution is 0.0434. The van der Waals surface area contributed by atoms with Gasteiger partial charge in [0.1, 0.15) is 10.4 Å². The summed E-state index contributed by atoms with van der Waals surface area (Å²) in [6, 6.07) is 9.21. The molecule has 1 atom stereocenters. The first-order valence-electron chi connectivity index (χ1n) is 6.19. The molecule has 0 amide bonds. The minimum absolute atomic E-state index is 0.448. The van der Waals surface area contributed by atoms with Gasteiger partial charge in [-0.25, -0.2) is 4.79 Å². The average molecular weight is 306 g/mol. The third-order valence-electron chi connectivity index (χ3n) is 2.61. The molecule has 0 fully saturated rings. The van der Waals surface area contributed by atoms with E-state index in [1.54, 1.807) is 42.6 Å². The van der Waals surface area contributed by atoms with Crippen LogP contribution >= 0.6 is 23.5 Å². The molecule has 0 bridgehead atoms. The first-order chi connectivity index (χ1) is 9.70. The Hall–Kier alpha value is -1.45. The van der Waals surface area contributed by atoms with Crippen molar-refractivity contribution in [3.8, 4) is 6.07 Å². The molecular formula is C14H14N2O2S2. The molecule has 1 aliphatic heterocycles. The van der Waals surface area contributed by atoms with E-state index in [9.17, 15) is 4.79 Å². The van der Waals surface area contributed by atoms with E-state index in [0.717, 1.165) is 22.2 Å². The van der Waals surface area contributed by atoms with E-state index in [0.29, 0.717) is 11.3 Å². The minimum atomic E-state index is -0.738. The second-order valence-electron chi connectivity index (χ2n) is 4.12. The van der Waals surface area contributed by atoms with Crippen molar-refractivity contribution < 1.29 is 9.53 Å². The van der Waals surface area contributed by atoms with Crippen molar-refractivity contribution in [2.24, 2.45) is 4.99 Å². The van der Waals surface area contributed by atoms with Crippen LogP contribution in [-0.2, 0) is 10.5 Å². The molecule has 0 spiro atoms. The Morgan fingerprint density at radius 2 is 2.40 bits per heavy atom. The number of carbonyl (C=O) groups excluding carboxylic acids is 1. The Labute approximate surface area is 126 Å². The van der Waals surface area contributed by atoms with E-state index in [4.69, 9.17) is 10.00 Å². The van der Waals surface area contributed by atoms with Gasteiger partial charge in [0.25, 0.3) is 0 Å². The summed E-state index contributed by atoms with van der Waals surface area (Å²) in [7, 11) is 0. The minimum Gasteiger partial charge on any atom is -0.444 e. The molecule has 6 heteroatoms. The van der Waals surface area contributed by atoms with Crippen LogP contribution in [0.1, 0.15) is 22.8 Å². The number of hydrogen-bond acceptors (Lipinski definition) is 6. The van der Waals surface area contributed by atoms with E-state index in [2.05, 4.69) is 4.99 Å². The van der Waals surface area contributed by atoms with Crippen LogP contribution in [0.2, 0.25) is 0 Å². The fourth-order valence-electron chi connectivity index (χ4n) is 1.64. The summed E-state index contributed by atoms with van der Waals surface area (Å²) in [6.07, 6.45) is -0.738. The van der Waals surface area contributed by atoms with E-state index in [1.165, 1.54) is 0 Å². The molecule has 0 saturated carbocycles. The molecule has 1 aromatic rings. The van der Waals surface area contributed by atoms with Gasteiger partial charge in [0.15, 0.2) is 6.10 Å². The monoisotopic (exact) mass is 306 g/mol. The SMILES string of the molecule is C[C@@H](C#N)OC(=O)c1ccccc1CSC1=NCCS1. The van der Waals surface area contributed by atoms with Gasteiger partial charge >= 0.3 is 5.97 Å². The summed E-state index contributed by atoms with van der Waals surface area (Å²) in [5.74, 6) is 1.26. The highest BCUT2D eigenvalue weighted by atomic mass is 32.2. The lowest BCUT2D eigenvalue weighted by atomic mass is 10.1. The van der Waals surface area contributed by atoms with Crippen LogP contribution in [0.5, 0.6) is 0 Å². The van der Waals surface area contributed by atoms with Gasteiger partial charge in [0.2, 0.25) is 0 Å². The number of nitrogens with zero attached hydrogens (tertiary/aromatic N) is 2. The zero-order valence-corrected chi connectivity index (χ0v) is 12.7. The zero-order valence-electron chi connectivity index (χ0n) is 11.0. The van der Waals surface area contributed by atoms with E-state index in [-0.39, 0.29) is 0 Å². The molecule has 0 N–H and O–H groups in total. The predicted octanol–water partition coefficient (Wildman–Crippen LogP) is 3.09. The molecule has 4 nitrogen and oxygen atoms in total. The standard InChI is InChI=1S/C14H14N2O2S2/c1-10(8-15)18-13(17)12-5-3-2-4-11(12)9-20-14-16-6-7-19-14/h2-5,10H,6-7,9H2,1H3/t10-/m0/s1. The van der Waals surface area contributed by atoms with Gasteiger partial charge in [-0.15, -0.1) is 0 Å². The second-order valence-corrected chi connectivity index (χ2v) is 6.42. The number of carbonyl (C=O) groups is 1. The van der Waals surface area contributed by atoms with Gasteiger partial charge in [0.05, 0.1) is 12.1 Å². The third kappa shape index (κ3) is 4.02. The lowest BCUT2D eigenvalue weighted by Crippen LogP contribution is -2.14. The maximum Gasteiger partial charge on any atom is 0.339 e. The molecule has 2 rings (SSSR count). The van der Waals surface area contributed by atoms with Crippen molar-refractivity contribution in [3.63, 3.8) is 0 Å². The van der Waals surface area contributed by atoms with Crippen molar-refractivity contribution in [1.82, 2.24) is 0 Å². The highest BCUT2D eigenvalue weighted by molar-refractivity contribution is 8.38. The summed E-state index contributed by atoms with van der Waals surface area (Å²) < 4.78 is 6.12. The average Bonchev–Trinajstić information content (AvgIpc) is 2.98. The Morgan fingerprint density at radius 3 is 3.10 bits per heavy atom. The number of rotatable bonds is 4. The number of hydrogen-bond donors (Lipinski definition) is 0. The molecule has 0 aliphatic carbocycles. The topological polar surface area (TPSA) is 62.4 Å². The fourth-order valence-corrected chi connectivity index (χ4v) is 3.65. The smallest absolute Gasteiger partial charge is 0.339 e. The fraction of sp³-hybridized carbons (Fsp3) is 0.357. The van der Waals surface area contributed by atoms with Crippen LogP contribution < -0.4 is 0 Å². The predicted molar refractivity (Wildman–Crippen MR) is 83.0 cm³/mol. The van der Waals surface area contributed by atoms with Crippen molar-refractivity contribution in [3.05, 3.63) is 35.4 Å². The highest BCUT2D eigenvalue weighted by Gasteiger charge is 2.16. The Balaban J connectivity index is 2.05. The molecular weight excluding hydrogens is 292 g/mol. The Morgan fingerprint density at radius 1 is 1.60 bits per heavy atom. The van der Waals surface area contributed by atoms with Gasteiger partial charge in [-0.3, -0.25) is 4.99 Å². The summed E-state index contributed by atoms with van der Waals surface area (Å²) in [5, 5.41) is 8.70. The Kier molecular flexibility index (Phi) is 5.50. The summed E-state index contributed by atoms with van der Waals surface area (Å²) in [6.45, 7) is 2.43. The maximum atomic E-state index is 12.0. The number of ether oxygens (including phenoxy) is 1. The van der Waals surface area contributed by atoms with E-state index >= 15 is 0 Å². The van der Waals surface area contributed by atoms with Crippen molar-refractivity contribution in [1.29, 1.82) is 5.26 Å². The van der Waals surface area contributed by atoms with Crippen LogP contribution in [0, 0.1) is 11.3 Å². The summed E-state index contributed by atoms with van der Waals surface area (Å²) in [4.78, 5) is 16.4. The second kappa shape index (κ2) is 7.36. The normalized spacial score (nSPS) is 15.3. The molecule has 1 aliphatic rings. The van der Waals surface area contributed by atoms with Gasteiger partial charge in [-0.05, 0) is 18.6 Å². The molecule has 1 aromatic carbocycles. The van der Waals surface area contributed by atoms with E-state index < -0.39 is 12.1 Å². The van der Waals surface area contributed by atoms with Crippen LogP contribution in [0.3, 0.4) is 0 Å². The van der Waals surface area contributed by atoms with Crippen LogP contribution in [0.25, 0.3) is 0 Å². The van der Waals surface area contributed by atoms with Crippen LogP contribution in [-0.4, -0.2) is 28.7 Å². The van der Waals surface area contributed by atoms with Crippen LogP contribution in [0.4, 0.5) is 0 Å². The molecule has 0 saturated heterocycles. The Bertz CT molecular complexity index is 567. The van der Waals surface area contributed by atoms with Crippen molar-refractivity contribution in [2.45, 2.75) is 18.8 Å². The van der Waals surface area contributed by atoms with Gasteiger partial charge in [-0.2, -0.15) is 5.26 Å². The number of nitriles is 1. The molecule has 0 unspecified atom stereocenters. The number of aliphatic imine (C=N–C) groups is 1. The molecule has 1 heterocycles. The van der Waals surface area contributed by atoms with Gasteiger partial charge in [0, 0.05) is 11.5 Å². The molecule has 20 heavy (non-hydrogen) atoms. The molecule has 0 aromatic heterocycles. The molecule has 104 valence electrons. The third-order valence-corrected chi connectivity index (χ3v) is 4.91. The van der Waals surface area contributed by atoms with Gasteiger partial charge < -0.3 is 4.74 Å². The quantitative estimate of drug-likeness (QED) is 0.800. The molecule has 0 radical (unpaired) electrons. The zero-order chi connectivity index (χ0) is 14.4. The highest BCUT2D eigenvalue weighted by Crippen LogP contribution is 2.26. The largest absolute Gasteiger partial charge is 0.444 e. The first kappa shape index (κ1) is 14.9. The lowest BCUT2D eigenvalue weighted by Gasteiger charge is -2.10. The van der Waals surface area contributed by atoms with E-state index in [1.807, 2.05) is 18.2 Å². The van der Waals surface area contributed by atoms with Crippen molar-refractivity contribution in [2.75, 3.05) is 12.3 Å². The maximum absolute atomic E-state index is 12.0. The summed E-state index contributed by atoms with van der Waals surface area (Å²) in [5.41, 5.74) is 1.42. The van der Waals surface area contributed by atoms with Gasteiger partial charge in [-0.1, -0.05) is 41.7 Å². The summed E-state index contributed by atoms with van der Waals surface area (Å²) >= 11 is 3.38. The van der Waals surface area contributed by atoms with Crippen LogP contribution in [0.15, 0.2) is 29.3 Å². The first-order valence-corrected chi connectivity index (χ1v) is 8.16. The van der Waals surface area contributed by atoms with Crippen molar-refractivity contribution >= 4 is 33.9 Å². The number of thioether (sulfide) groups is 2. The number of esters is 1. The number of benzene rings is 1.